The lowest BCUT2D eigenvalue weighted by molar-refractivity contribution is -0.132. The number of benzene rings is 1. The van der Waals surface area contributed by atoms with Crippen LogP contribution in [0, 0.1) is 0 Å². The van der Waals surface area contributed by atoms with Gasteiger partial charge in [0.2, 0.25) is 5.91 Å². The molecule has 1 aliphatic heterocycles. The predicted molar refractivity (Wildman–Crippen MR) is 90.1 cm³/mol. The largest absolute Gasteiger partial charge is 0.341 e. The van der Waals surface area contributed by atoms with E-state index < -0.39 is 0 Å². The minimum Gasteiger partial charge on any atom is -0.341 e. The molecule has 3 amide bonds. The van der Waals surface area contributed by atoms with E-state index in [1.807, 2.05) is 11.0 Å². The fourth-order valence-corrected chi connectivity index (χ4v) is 3.02. The zero-order chi connectivity index (χ0) is 16.7. The summed E-state index contributed by atoms with van der Waals surface area (Å²) in [4.78, 5) is 27.5. The quantitative estimate of drug-likeness (QED) is 0.858. The average molecular weight is 318 g/mol. The molecule has 0 spiro atoms. The van der Waals surface area contributed by atoms with Gasteiger partial charge in [-0.05, 0) is 12.0 Å². The van der Waals surface area contributed by atoms with E-state index in [9.17, 15) is 9.59 Å². The van der Waals surface area contributed by atoms with Gasteiger partial charge < -0.3 is 15.5 Å². The summed E-state index contributed by atoms with van der Waals surface area (Å²) in [6.07, 6.45) is 1.05. The van der Waals surface area contributed by atoms with Crippen LogP contribution in [-0.4, -0.2) is 61.5 Å². The molecule has 1 aromatic rings. The Bertz CT molecular complexity index is 513. The molecule has 0 bridgehead atoms. The molecule has 6 nitrogen and oxygen atoms in total. The zero-order valence-electron chi connectivity index (χ0n) is 13.9. The Hall–Kier alpha value is -2.08. The molecule has 0 radical (unpaired) electrons. The Morgan fingerprint density at radius 3 is 2.35 bits per heavy atom. The van der Waals surface area contributed by atoms with E-state index in [4.69, 9.17) is 0 Å². The summed E-state index contributed by atoms with van der Waals surface area (Å²) in [7, 11) is 1.53. The normalized spacial score (nSPS) is 16.7. The van der Waals surface area contributed by atoms with Crippen LogP contribution in [0.3, 0.4) is 0 Å². The van der Waals surface area contributed by atoms with Crippen molar-refractivity contribution >= 4 is 11.9 Å². The second-order valence-corrected chi connectivity index (χ2v) is 5.68. The van der Waals surface area contributed by atoms with E-state index in [0.717, 1.165) is 19.5 Å². The second-order valence-electron chi connectivity index (χ2n) is 5.68. The standard InChI is InChI=1S/C17H26N4O2/c1-3-15(14-7-5-4-6-8-14)20-9-11-21(12-10-20)16(22)13-19-17(23)18-2/h4-8,15H,3,9-13H2,1-2H3,(H2,18,19,23)/t15-/m1/s1. The molecule has 1 aliphatic rings. The molecule has 0 saturated carbocycles. The first-order valence-corrected chi connectivity index (χ1v) is 8.18. The molecule has 1 atom stereocenters. The molecule has 0 aromatic heterocycles. The lowest BCUT2D eigenvalue weighted by Gasteiger charge is -2.39. The van der Waals surface area contributed by atoms with Crippen LogP contribution in [0.25, 0.3) is 0 Å². The highest BCUT2D eigenvalue weighted by Gasteiger charge is 2.26. The first-order chi connectivity index (χ1) is 11.2. The number of piperazine rings is 1. The lowest BCUT2D eigenvalue weighted by Crippen LogP contribution is -2.52. The maximum absolute atomic E-state index is 12.1. The number of nitrogens with one attached hydrogen (secondary N) is 2. The topological polar surface area (TPSA) is 64.7 Å². The predicted octanol–water partition coefficient (Wildman–Crippen LogP) is 1.21. The number of hydrogen-bond acceptors (Lipinski definition) is 3. The summed E-state index contributed by atoms with van der Waals surface area (Å²) in [5, 5.41) is 4.99. The highest BCUT2D eigenvalue weighted by molar-refractivity contribution is 5.83. The minimum atomic E-state index is -0.327. The zero-order valence-corrected chi connectivity index (χ0v) is 13.9. The first kappa shape index (κ1) is 17.3. The molecular weight excluding hydrogens is 292 g/mol. The summed E-state index contributed by atoms with van der Waals surface area (Å²) in [6.45, 7) is 5.38. The Morgan fingerprint density at radius 1 is 1.13 bits per heavy atom. The van der Waals surface area contributed by atoms with Crippen LogP contribution >= 0.6 is 0 Å². The fraction of sp³-hybridized carbons (Fsp3) is 0.529. The molecule has 23 heavy (non-hydrogen) atoms. The monoisotopic (exact) mass is 318 g/mol. The van der Waals surface area contributed by atoms with Crippen molar-refractivity contribution in [1.29, 1.82) is 0 Å². The van der Waals surface area contributed by atoms with E-state index >= 15 is 0 Å². The van der Waals surface area contributed by atoms with Crippen molar-refractivity contribution in [2.45, 2.75) is 19.4 Å². The van der Waals surface area contributed by atoms with Gasteiger partial charge in [0.15, 0.2) is 0 Å². The number of nitrogens with zero attached hydrogens (tertiary/aromatic N) is 2. The van der Waals surface area contributed by atoms with Gasteiger partial charge in [-0.1, -0.05) is 37.3 Å². The Balaban J connectivity index is 1.85. The van der Waals surface area contributed by atoms with E-state index in [-0.39, 0.29) is 18.5 Å². The highest BCUT2D eigenvalue weighted by atomic mass is 16.2. The van der Waals surface area contributed by atoms with Gasteiger partial charge in [-0.2, -0.15) is 0 Å². The SMILES string of the molecule is CC[C@H](c1ccccc1)N1CCN(C(=O)CNC(=O)NC)CC1. The van der Waals surface area contributed by atoms with E-state index in [0.29, 0.717) is 19.1 Å². The van der Waals surface area contributed by atoms with Gasteiger partial charge in [-0.3, -0.25) is 9.69 Å². The van der Waals surface area contributed by atoms with Gasteiger partial charge in [0.05, 0.1) is 6.54 Å². The summed E-state index contributed by atoms with van der Waals surface area (Å²) in [5.41, 5.74) is 1.33. The van der Waals surface area contributed by atoms with Gasteiger partial charge in [-0.15, -0.1) is 0 Å². The molecule has 1 heterocycles. The molecule has 1 aromatic carbocycles. The van der Waals surface area contributed by atoms with E-state index in [1.165, 1.54) is 12.6 Å². The molecule has 6 heteroatoms. The van der Waals surface area contributed by atoms with Crippen molar-refractivity contribution < 1.29 is 9.59 Å². The van der Waals surface area contributed by atoms with Crippen molar-refractivity contribution in [1.82, 2.24) is 20.4 Å². The number of carbonyl (C=O) groups excluding carboxylic acids is 2. The maximum Gasteiger partial charge on any atom is 0.314 e. The third-order valence-electron chi connectivity index (χ3n) is 4.31. The molecule has 1 fully saturated rings. The van der Waals surface area contributed by atoms with E-state index in [1.54, 1.807) is 0 Å². The van der Waals surface area contributed by atoms with Crippen molar-refractivity contribution in [3.63, 3.8) is 0 Å². The van der Waals surface area contributed by atoms with Crippen LogP contribution in [0.4, 0.5) is 4.79 Å². The number of hydrogen-bond donors (Lipinski definition) is 2. The molecule has 126 valence electrons. The molecular formula is C17H26N4O2. The van der Waals surface area contributed by atoms with Crippen molar-refractivity contribution in [2.75, 3.05) is 39.8 Å². The molecule has 0 unspecified atom stereocenters. The second kappa shape index (κ2) is 8.53. The highest BCUT2D eigenvalue weighted by Crippen LogP contribution is 2.25. The van der Waals surface area contributed by atoms with Crippen molar-refractivity contribution in [3.05, 3.63) is 35.9 Å². The number of amides is 3. The van der Waals surface area contributed by atoms with Crippen LogP contribution in [0.5, 0.6) is 0 Å². The van der Waals surface area contributed by atoms with Crippen LogP contribution in [0.2, 0.25) is 0 Å². The summed E-state index contributed by atoms with van der Waals surface area (Å²) >= 11 is 0. The Kier molecular flexibility index (Phi) is 6.40. The Labute approximate surface area is 137 Å². The summed E-state index contributed by atoms with van der Waals surface area (Å²) in [6, 6.07) is 10.6. The average Bonchev–Trinajstić information content (AvgIpc) is 2.61. The number of carbonyl (C=O) groups is 2. The maximum atomic E-state index is 12.1. The summed E-state index contributed by atoms with van der Waals surface area (Å²) < 4.78 is 0. The first-order valence-electron chi connectivity index (χ1n) is 8.18. The molecule has 2 N–H and O–H groups in total. The lowest BCUT2D eigenvalue weighted by atomic mass is 10.0. The van der Waals surface area contributed by atoms with Gasteiger partial charge >= 0.3 is 6.03 Å². The molecule has 1 saturated heterocycles. The smallest absolute Gasteiger partial charge is 0.314 e. The molecule has 0 aliphatic carbocycles. The Morgan fingerprint density at radius 2 is 1.78 bits per heavy atom. The van der Waals surface area contributed by atoms with Crippen molar-refractivity contribution in [3.8, 4) is 0 Å². The summed E-state index contributed by atoms with van der Waals surface area (Å²) in [5.74, 6) is -0.0268. The third-order valence-corrected chi connectivity index (χ3v) is 4.31. The fourth-order valence-electron chi connectivity index (χ4n) is 3.02. The van der Waals surface area contributed by atoms with Crippen LogP contribution < -0.4 is 10.6 Å². The van der Waals surface area contributed by atoms with Gasteiger partial charge in [0.1, 0.15) is 0 Å². The third kappa shape index (κ3) is 4.69. The van der Waals surface area contributed by atoms with Crippen molar-refractivity contribution in [2.24, 2.45) is 0 Å². The van der Waals surface area contributed by atoms with E-state index in [2.05, 4.69) is 46.7 Å². The molecule has 2 rings (SSSR count). The van der Waals surface area contributed by atoms with Gasteiger partial charge in [-0.25, -0.2) is 4.79 Å². The van der Waals surface area contributed by atoms with Gasteiger partial charge in [0.25, 0.3) is 0 Å². The van der Waals surface area contributed by atoms with Gasteiger partial charge in [0, 0.05) is 39.3 Å². The van der Waals surface area contributed by atoms with Crippen LogP contribution in [0.1, 0.15) is 24.9 Å². The number of urea groups is 1. The number of rotatable bonds is 5. The minimum absolute atomic E-state index is 0.0268. The van der Waals surface area contributed by atoms with Crippen LogP contribution in [0.15, 0.2) is 30.3 Å². The van der Waals surface area contributed by atoms with Crippen LogP contribution in [-0.2, 0) is 4.79 Å².